The quantitative estimate of drug-likeness (QED) is 0.0216. The molecule has 0 radical (unpaired) electrons. The van der Waals surface area contributed by atoms with E-state index >= 15 is 0 Å². The first-order chi connectivity index (χ1) is 48.7. The van der Waals surface area contributed by atoms with Gasteiger partial charge in [0.2, 0.25) is 53.2 Å². The third-order valence-electron chi connectivity index (χ3n) is 14.8. The summed E-state index contributed by atoms with van der Waals surface area (Å²) in [6.45, 7) is 17.3. The van der Waals surface area contributed by atoms with Crippen LogP contribution in [0.25, 0.3) is 0 Å². The summed E-state index contributed by atoms with van der Waals surface area (Å²) in [5, 5.41) is 24.5. The van der Waals surface area contributed by atoms with Crippen LogP contribution in [0.15, 0.2) is 135 Å². The number of benzene rings is 1. The number of rotatable bonds is 39. The highest BCUT2D eigenvalue weighted by atomic mass is 32.2. The minimum atomic E-state index is -3.29. The second kappa shape index (κ2) is 48.3. The summed E-state index contributed by atoms with van der Waals surface area (Å²) in [7, 11) is -2.04. The Labute approximate surface area is 601 Å². The normalized spacial score (nSPS) is 12.0. The highest BCUT2D eigenvalue weighted by molar-refractivity contribution is 7.93. The predicted octanol–water partition coefficient (Wildman–Crippen LogP) is 4.68. The molecule has 103 heavy (non-hydrogen) atoms. The first kappa shape index (κ1) is 88.5. The lowest BCUT2D eigenvalue weighted by molar-refractivity contribution is -0.139. The Morgan fingerprint density at radius 2 is 0.845 bits per heavy atom. The van der Waals surface area contributed by atoms with E-state index in [0.717, 1.165) is 42.9 Å². The fourth-order valence-corrected chi connectivity index (χ4v) is 9.66. The summed E-state index contributed by atoms with van der Waals surface area (Å²) in [6, 6.07) is 15.3. The Morgan fingerprint density at radius 3 is 1.18 bits per heavy atom. The van der Waals surface area contributed by atoms with Crippen molar-refractivity contribution in [2.24, 2.45) is 17.8 Å². The summed E-state index contributed by atoms with van der Waals surface area (Å²) < 4.78 is 35.6. The molecule has 3 atom stereocenters. The number of hydrogen-bond acceptors (Lipinski definition) is 18. The van der Waals surface area contributed by atoms with E-state index in [1.165, 1.54) is 109 Å². The number of carbonyl (C=O) groups is 11. The van der Waals surface area contributed by atoms with Crippen molar-refractivity contribution in [1.82, 2.24) is 45.6 Å². The van der Waals surface area contributed by atoms with Gasteiger partial charge >= 0.3 is 11.9 Å². The van der Waals surface area contributed by atoms with E-state index in [1.54, 1.807) is 18.2 Å². The van der Waals surface area contributed by atoms with Crippen LogP contribution in [-0.4, -0.2) is 138 Å². The molecule has 0 unspecified atom stereocenters. The number of carbonyl (C=O) groups excluding carboxylic acids is 11. The SMILES string of the molecule is CC(=O)N[C@@H](CC/C=C/C(=O)OCc1ccccc1)C(=O)Nc1cccn(CC(=O)NCCC(C)C)c1=O.CC(=O)N[C@@H](CC/C=C/S(C)(=O)=O)C(=O)Nc1cccn(CC(=O)NCCC(C)C)c1=O.CCC(CC)CNC(=O)Cn1cccc(NC(=O)[C@H](CC/C=C/C(=O)OC)NC(C)=O)c1=O. The highest BCUT2D eigenvalue weighted by Crippen LogP contribution is 2.11. The number of nitrogens with one attached hydrogen (secondary N) is 9. The number of anilines is 3. The number of esters is 2. The molecule has 0 aliphatic carbocycles. The lowest BCUT2D eigenvalue weighted by Gasteiger charge is -2.17. The maximum Gasteiger partial charge on any atom is 0.330 e. The fraction of sp³-hybridized carbons (Fsp3) is 0.472. The highest BCUT2D eigenvalue weighted by Gasteiger charge is 2.24. The molecule has 3 heterocycles. The zero-order chi connectivity index (χ0) is 77.0. The van der Waals surface area contributed by atoms with Crippen LogP contribution in [-0.2, 0) is 98.3 Å². The summed E-state index contributed by atoms with van der Waals surface area (Å²) in [5.74, 6) is -3.75. The number of aromatic nitrogens is 3. The van der Waals surface area contributed by atoms with E-state index in [0.29, 0.717) is 50.2 Å². The van der Waals surface area contributed by atoms with Crippen LogP contribution in [0.5, 0.6) is 0 Å². The van der Waals surface area contributed by atoms with Gasteiger partial charge < -0.3 is 71.0 Å². The smallest absolute Gasteiger partial charge is 0.330 e. The molecule has 9 N–H and O–H groups in total. The fourth-order valence-electron chi connectivity index (χ4n) is 9.17. The molecule has 0 saturated heterocycles. The number of amides is 9. The van der Waals surface area contributed by atoms with Gasteiger partial charge in [-0.2, -0.15) is 0 Å². The number of nitrogens with zero attached hydrogens (tertiary/aromatic N) is 3. The molecule has 3 aromatic heterocycles. The molecular formula is C72H102N12O18S. The summed E-state index contributed by atoms with van der Waals surface area (Å²) in [4.78, 5) is 170. The van der Waals surface area contributed by atoms with Crippen LogP contribution in [0.1, 0.15) is 132 Å². The summed E-state index contributed by atoms with van der Waals surface area (Å²) >= 11 is 0. The Hall–Kier alpha value is -10.6. The maximum atomic E-state index is 12.9. The average Bonchev–Trinajstić information content (AvgIpc) is 0.855. The molecule has 30 nitrogen and oxygen atoms in total. The van der Waals surface area contributed by atoms with Gasteiger partial charge in [0.1, 0.15) is 61.4 Å². The van der Waals surface area contributed by atoms with Crippen molar-refractivity contribution in [3.63, 3.8) is 0 Å². The summed E-state index contributed by atoms with van der Waals surface area (Å²) in [6.07, 6.45) is 17.3. The van der Waals surface area contributed by atoms with Crippen molar-refractivity contribution in [2.45, 2.75) is 171 Å². The van der Waals surface area contributed by atoms with Crippen molar-refractivity contribution in [3.8, 4) is 0 Å². The van der Waals surface area contributed by atoms with Crippen LogP contribution in [0.3, 0.4) is 0 Å². The molecule has 0 aliphatic rings. The molecule has 0 spiro atoms. The number of pyridine rings is 3. The zero-order valence-corrected chi connectivity index (χ0v) is 61.4. The third-order valence-corrected chi connectivity index (χ3v) is 15.5. The van der Waals surface area contributed by atoms with E-state index in [1.807, 2.05) is 44.2 Å². The summed E-state index contributed by atoms with van der Waals surface area (Å²) in [5.41, 5.74) is -0.812. The molecule has 4 aromatic rings. The van der Waals surface area contributed by atoms with Gasteiger partial charge in [-0.15, -0.1) is 0 Å². The van der Waals surface area contributed by atoms with Crippen molar-refractivity contribution in [2.75, 3.05) is 49.0 Å². The molecule has 1 aromatic carbocycles. The molecular weight excluding hydrogens is 1350 g/mol. The van der Waals surface area contributed by atoms with Crippen LogP contribution >= 0.6 is 0 Å². The topological polar surface area (TPSA) is 415 Å². The molecule has 0 bridgehead atoms. The Morgan fingerprint density at radius 1 is 0.485 bits per heavy atom. The van der Waals surface area contributed by atoms with Crippen molar-refractivity contribution < 1.29 is 70.6 Å². The van der Waals surface area contributed by atoms with Gasteiger partial charge in [0.25, 0.3) is 16.7 Å². The molecule has 9 amide bonds. The lowest BCUT2D eigenvalue weighted by Crippen LogP contribution is -2.44. The van der Waals surface area contributed by atoms with Crippen molar-refractivity contribution in [1.29, 1.82) is 0 Å². The van der Waals surface area contributed by atoms with E-state index in [4.69, 9.17) is 4.74 Å². The molecule has 0 fully saturated rings. The van der Waals surface area contributed by atoms with E-state index < -0.39 is 92.0 Å². The average molecular weight is 1460 g/mol. The second-order valence-electron chi connectivity index (χ2n) is 24.7. The second-order valence-corrected chi connectivity index (χ2v) is 26.6. The van der Waals surface area contributed by atoms with Crippen molar-refractivity contribution >= 4 is 92.0 Å². The van der Waals surface area contributed by atoms with E-state index in [2.05, 4.69) is 80.3 Å². The van der Waals surface area contributed by atoms with Crippen LogP contribution < -0.4 is 64.5 Å². The minimum absolute atomic E-state index is 0.00394. The number of hydrogen-bond donors (Lipinski definition) is 9. The van der Waals surface area contributed by atoms with Crippen LogP contribution in [0.4, 0.5) is 17.1 Å². The first-order valence-electron chi connectivity index (χ1n) is 33.9. The monoisotopic (exact) mass is 1450 g/mol. The van der Waals surface area contributed by atoms with Gasteiger partial charge in [-0.25, -0.2) is 18.0 Å². The largest absolute Gasteiger partial charge is 0.466 e. The van der Waals surface area contributed by atoms with E-state index in [-0.39, 0.29) is 86.7 Å². The van der Waals surface area contributed by atoms with Crippen LogP contribution in [0.2, 0.25) is 0 Å². The van der Waals surface area contributed by atoms with Crippen LogP contribution in [0, 0.1) is 17.8 Å². The first-order valence-corrected chi connectivity index (χ1v) is 35.8. The molecule has 0 saturated carbocycles. The third kappa shape index (κ3) is 38.7. The predicted molar refractivity (Wildman–Crippen MR) is 391 cm³/mol. The lowest BCUT2D eigenvalue weighted by atomic mass is 10.0. The molecule has 564 valence electrons. The Kier molecular flexibility index (Phi) is 41.5. The Bertz CT molecular complexity index is 3860. The number of allylic oxidation sites excluding steroid dienone is 3. The number of methoxy groups -OCH3 is 1. The van der Waals surface area contributed by atoms with Crippen molar-refractivity contribution in [3.05, 3.63) is 158 Å². The van der Waals surface area contributed by atoms with Gasteiger partial charge in [-0.05, 0) is 111 Å². The molecule has 31 heteroatoms. The molecule has 4 rings (SSSR count). The van der Waals surface area contributed by atoms with E-state index in [9.17, 15) is 75.5 Å². The standard InChI is InChI=1S/C28H36N4O6.C23H34N4O6.C21H32N4O6S/c1-20(2)15-16-29-25(34)18-32-17-9-13-24(28(32)37)31-27(36)23(30-21(3)33)12-7-8-14-26(35)38-19-22-10-5-4-6-11-22;1-5-17(6-2)14-24-20(29)15-27-13-9-11-19(23(27)32)26-22(31)18(25-16(3)28)10-7-8-12-21(30)33-4;1-15(2)10-11-22-19(27)14-25-12-7-9-18(21(25)29)24-20(28)17(23-16(3)26)8-5-6-13-32(4,30)31/h4-6,8-11,13-14,17,20,23H,7,12,15-16,18-19H2,1-3H3,(H,29,34)(H,30,33)(H,31,36);8-9,11-13,17-18H,5-7,10,14-15H2,1-4H3,(H,24,29)(H,25,28)(H,26,31);6-7,9,12-13,15,17H,5,8,10-11,14H2,1-4H3,(H,22,27)(H,23,26)(H,24,28)/b14-8+;12-8+;13-6+/t23-;18-;17-/m000/s1. The van der Waals surface area contributed by atoms with Gasteiger partial charge in [0.15, 0.2) is 9.84 Å². The zero-order valence-electron chi connectivity index (χ0n) is 60.6. The molecule has 0 aliphatic heterocycles. The van der Waals surface area contributed by atoms with Gasteiger partial charge in [-0.1, -0.05) is 103 Å². The van der Waals surface area contributed by atoms with Gasteiger partial charge in [0, 0.05) is 82.8 Å². The van der Waals surface area contributed by atoms with Gasteiger partial charge in [-0.3, -0.25) is 57.5 Å². The maximum absolute atomic E-state index is 12.9. The Balaban J connectivity index is 0.000000528. The van der Waals surface area contributed by atoms with Gasteiger partial charge in [0.05, 0.1) is 7.11 Å². The number of ether oxygens (including phenoxy) is 2. The number of sulfone groups is 1. The minimum Gasteiger partial charge on any atom is -0.466 e.